The molecule has 4 heteroatoms. The Labute approximate surface area is 100 Å². The second-order valence-corrected chi connectivity index (χ2v) is 4.63. The maximum atomic E-state index is 11.9. The van der Waals surface area contributed by atoms with Gasteiger partial charge in [-0.25, -0.2) is 0 Å². The summed E-state index contributed by atoms with van der Waals surface area (Å²) < 4.78 is 0. The number of carbonyl (C=O) groups excluding carboxylic acids is 1. The number of halogens is 1. The number of likely N-dealkylation sites (tertiary alicyclic amines) is 1. The molecule has 0 aliphatic carbocycles. The van der Waals surface area contributed by atoms with Gasteiger partial charge in [0.1, 0.15) is 0 Å². The molecular weight excluding hydrogens is 224 g/mol. The van der Waals surface area contributed by atoms with Crippen LogP contribution in [0.1, 0.15) is 12.0 Å². The van der Waals surface area contributed by atoms with Gasteiger partial charge >= 0.3 is 0 Å². The van der Waals surface area contributed by atoms with Crippen LogP contribution in [0.4, 0.5) is 0 Å². The van der Waals surface area contributed by atoms with Crippen molar-refractivity contribution in [3.05, 3.63) is 34.9 Å². The van der Waals surface area contributed by atoms with Crippen molar-refractivity contribution in [3.8, 4) is 0 Å². The molecule has 1 amide bonds. The van der Waals surface area contributed by atoms with E-state index in [2.05, 4.69) is 0 Å². The van der Waals surface area contributed by atoms with Crippen LogP contribution in [-0.4, -0.2) is 29.9 Å². The van der Waals surface area contributed by atoms with Gasteiger partial charge in [-0.05, 0) is 24.1 Å². The largest absolute Gasteiger partial charge is 0.341 e. The maximum absolute atomic E-state index is 11.9. The number of nitrogens with two attached hydrogens (primary N) is 1. The molecule has 1 heterocycles. The topological polar surface area (TPSA) is 46.3 Å². The minimum Gasteiger partial charge on any atom is -0.341 e. The molecule has 86 valence electrons. The standard InChI is InChI=1S/C12H15ClN2O/c13-10-3-1-2-9(6-10)7-12(16)15-5-4-11(14)8-15/h1-3,6,11H,4-5,7-8,14H2/t11-/m1/s1. The first-order valence-electron chi connectivity index (χ1n) is 5.43. The molecule has 0 spiro atoms. The zero-order valence-corrected chi connectivity index (χ0v) is 9.78. The Hall–Kier alpha value is -1.06. The molecule has 3 nitrogen and oxygen atoms in total. The van der Waals surface area contributed by atoms with Crippen molar-refractivity contribution in [2.75, 3.05) is 13.1 Å². The molecule has 0 aromatic heterocycles. The van der Waals surface area contributed by atoms with Gasteiger partial charge in [0.05, 0.1) is 6.42 Å². The van der Waals surface area contributed by atoms with Crippen molar-refractivity contribution in [2.24, 2.45) is 5.73 Å². The van der Waals surface area contributed by atoms with Crippen molar-refractivity contribution in [1.29, 1.82) is 0 Å². The predicted octanol–water partition coefficient (Wildman–Crippen LogP) is 1.44. The number of nitrogens with zero attached hydrogens (tertiary/aromatic N) is 1. The highest BCUT2D eigenvalue weighted by molar-refractivity contribution is 6.30. The van der Waals surface area contributed by atoms with E-state index >= 15 is 0 Å². The molecule has 0 saturated carbocycles. The van der Waals surface area contributed by atoms with E-state index in [-0.39, 0.29) is 11.9 Å². The molecule has 1 aliphatic heterocycles. The fourth-order valence-electron chi connectivity index (χ4n) is 1.95. The second kappa shape index (κ2) is 4.85. The predicted molar refractivity (Wildman–Crippen MR) is 64.3 cm³/mol. The van der Waals surface area contributed by atoms with Crippen LogP contribution in [0.15, 0.2) is 24.3 Å². The molecule has 0 unspecified atom stereocenters. The van der Waals surface area contributed by atoms with Crippen molar-refractivity contribution >= 4 is 17.5 Å². The molecule has 1 aromatic rings. The average molecular weight is 239 g/mol. The lowest BCUT2D eigenvalue weighted by molar-refractivity contribution is -0.129. The summed E-state index contributed by atoms with van der Waals surface area (Å²) in [7, 11) is 0. The summed E-state index contributed by atoms with van der Waals surface area (Å²) >= 11 is 5.87. The van der Waals surface area contributed by atoms with Crippen molar-refractivity contribution in [3.63, 3.8) is 0 Å². The van der Waals surface area contributed by atoms with Crippen molar-refractivity contribution in [2.45, 2.75) is 18.9 Å². The number of hydrogen-bond donors (Lipinski definition) is 1. The molecule has 1 atom stereocenters. The number of carbonyl (C=O) groups is 1. The van der Waals surface area contributed by atoms with Crippen molar-refractivity contribution < 1.29 is 4.79 Å². The summed E-state index contributed by atoms with van der Waals surface area (Å²) in [5.74, 6) is 0.134. The van der Waals surface area contributed by atoms with E-state index in [9.17, 15) is 4.79 Å². The molecule has 0 radical (unpaired) electrons. The van der Waals surface area contributed by atoms with Gasteiger partial charge in [-0.2, -0.15) is 0 Å². The zero-order chi connectivity index (χ0) is 11.5. The molecular formula is C12H15ClN2O. The summed E-state index contributed by atoms with van der Waals surface area (Å²) in [6.07, 6.45) is 1.31. The summed E-state index contributed by atoms with van der Waals surface area (Å²) in [6, 6.07) is 7.56. The third-order valence-electron chi connectivity index (χ3n) is 2.82. The van der Waals surface area contributed by atoms with Gasteiger partial charge in [0.25, 0.3) is 0 Å². The minimum absolute atomic E-state index is 0.134. The summed E-state index contributed by atoms with van der Waals surface area (Å²) in [5.41, 5.74) is 6.72. The first-order chi connectivity index (χ1) is 7.65. The summed E-state index contributed by atoms with van der Waals surface area (Å²) in [6.45, 7) is 1.46. The molecule has 1 aliphatic rings. The third-order valence-corrected chi connectivity index (χ3v) is 3.06. The Morgan fingerprint density at radius 2 is 2.38 bits per heavy atom. The van der Waals surface area contributed by atoms with Gasteiger partial charge in [0.15, 0.2) is 0 Å². The Balaban J connectivity index is 1.97. The molecule has 2 rings (SSSR count). The van der Waals surface area contributed by atoms with Gasteiger partial charge in [-0.15, -0.1) is 0 Å². The van der Waals surface area contributed by atoms with Crippen LogP contribution < -0.4 is 5.73 Å². The normalized spacial score (nSPS) is 20.1. The fraction of sp³-hybridized carbons (Fsp3) is 0.417. The third kappa shape index (κ3) is 2.74. The average Bonchev–Trinajstić information content (AvgIpc) is 2.65. The molecule has 1 aromatic carbocycles. The zero-order valence-electron chi connectivity index (χ0n) is 9.03. The Kier molecular flexibility index (Phi) is 3.46. The van der Waals surface area contributed by atoms with Crippen LogP contribution in [-0.2, 0) is 11.2 Å². The van der Waals surface area contributed by atoms with Crippen LogP contribution in [0.25, 0.3) is 0 Å². The Morgan fingerprint density at radius 1 is 1.56 bits per heavy atom. The number of benzene rings is 1. The smallest absolute Gasteiger partial charge is 0.227 e. The van der Waals surface area contributed by atoms with E-state index in [1.54, 1.807) is 6.07 Å². The lowest BCUT2D eigenvalue weighted by Gasteiger charge is -2.15. The Bertz CT molecular complexity index is 394. The Morgan fingerprint density at radius 3 is 3.00 bits per heavy atom. The van der Waals surface area contributed by atoms with Crippen molar-refractivity contribution in [1.82, 2.24) is 4.90 Å². The summed E-state index contributed by atoms with van der Waals surface area (Å²) in [5, 5.41) is 0.670. The lowest BCUT2D eigenvalue weighted by atomic mass is 10.1. The van der Waals surface area contributed by atoms with Crippen LogP contribution in [0.2, 0.25) is 5.02 Å². The van der Waals surface area contributed by atoms with Gasteiger partial charge in [0.2, 0.25) is 5.91 Å². The van der Waals surface area contributed by atoms with Crippen LogP contribution in [0, 0.1) is 0 Å². The van der Waals surface area contributed by atoms with E-state index < -0.39 is 0 Å². The highest BCUT2D eigenvalue weighted by Gasteiger charge is 2.23. The highest BCUT2D eigenvalue weighted by Crippen LogP contribution is 2.14. The highest BCUT2D eigenvalue weighted by atomic mass is 35.5. The van der Waals surface area contributed by atoms with E-state index in [0.29, 0.717) is 18.0 Å². The van der Waals surface area contributed by atoms with E-state index in [4.69, 9.17) is 17.3 Å². The molecule has 2 N–H and O–H groups in total. The molecule has 1 saturated heterocycles. The quantitative estimate of drug-likeness (QED) is 0.848. The van der Waals surface area contributed by atoms with Crippen LogP contribution >= 0.6 is 11.6 Å². The first-order valence-corrected chi connectivity index (χ1v) is 5.81. The van der Waals surface area contributed by atoms with E-state index in [1.165, 1.54) is 0 Å². The van der Waals surface area contributed by atoms with Gasteiger partial charge in [0, 0.05) is 24.2 Å². The summed E-state index contributed by atoms with van der Waals surface area (Å²) in [4.78, 5) is 13.7. The molecule has 1 fully saturated rings. The number of amides is 1. The van der Waals surface area contributed by atoms with Crippen LogP contribution in [0.3, 0.4) is 0 Å². The maximum Gasteiger partial charge on any atom is 0.227 e. The molecule has 16 heavy (non-hydrogen) atoms. The minimum atomic E-state index is 0.134. The van der Waals surface area contributed by atoms with Gasteiger partial charge < -0.3 is 10.6 Å². The van der Waals surface area contributed by atoms with Crippen LogP contribution in [0.5, 0.6) is 0 Å². The van der Waals surface area contributed by atoms with E-state index in [1.807, 2.05) is 23.1 Å². The SMILES string of the molecule is N[C@@H]1CCN(C(=O)Cc2cccc(Cl)c2)C1. The monoisotopic (exact) mass is 238 g/mol. The number of hydrogen-bond acceptors (Lipinski definition) is 2. The lowest BCUT2D eigenvalue weighted by Crippen LogP contribution is -2.32. The van der Waals surface area contributed by atoms with Gasteiger partial charge in [-0.1, -0.05) is 23.7 Å². The van der Waals surface area contributed by atoms with Gasteiger partial charge in [-0.3, -0.25) is 4.79 Å². The number of rotatable bonds is 2. The second-order valence-electron chi connectivity index (χ2n) is 4.20. The fourth-order valence-corrected chi connectivity index (χ4v) is 2.16. The molecule has 0 bridgehead atoms. The van der Waals surface area contributed by atoms with E-state index in [0.717, 1.165) is 18.5 Å². The first kappa shape index (κ1) is 11.4.